The van der Waals surface area contributed by atoms with E-state index in [9.17, 15) is 4.79 Å². The number of carbonyl (C=O) groups is 1. The van der Waals surface area contributed by atoms with E-state index < -0.39 is 0 Å². The summed E-state index contributed by atoms with van der Waals surface area (Å²) >= 11 is 0. The highest BCUT2D eigenvalue weighted by Gasteiger charge is 2.18. The standard InChI is InChI=1S/C23H28N6O3/c1-28-19(14-18(27-28)17-13-16(31-2)7-8-20(17)32-3)23(30)25-15-21-24-10-9-22(26-21)29-11-5-4-6-12-29/h7-10,13-14H,4-6,11-12,15H2,1-3H3,(H,25,30). The van der Waals surface area contributed by atoms with E-state index in [0.717, 1.165) is 24.5 Å². The number of piperidine rings is 1. The number of rotatable bonds is 7. The maximum absolute atomic E-state index is 12.9. The molecule has 168 valence electrons. The minimum absolute atomic E-state index is 0.240. The Morgan fingerprint density at radius 1 is 1.09 bits per heavy atom. The molecule has 1 fully saturated rings. The number of amides is 1. The van der Waals surface area contributed by atoms with Gasteiger partial charge in [-0.3, -0.25) is 9.48 Å². The number of nitrogens with zero attached hydrogens (tertiary/aromatic N) is 5. The number of methoxy groups -OCH3 is 2. The Labute approximate surface area is 187 Å². The molecule has 2 aromatic heterocycles. The predicted octanol–water partition coefficient (Wildman–Crippen LogP) is 2.81. The Bertz CT molecular complexity index is 1090. The second-order valence-electron chi connectivity index (χ2n) is 7.67. The van der Waals surface area contributed by atoms with Crippen molar-refractivity contribution in [1.82, 2.24) is 25.1 Å². The molecule has 1 aliphatic heterocycles. The van der Waals surface area contributed by atoms with Crippen LogP contribution < -0.4 is 19.7 Å². The van der Waals surface area contributed by atoms with Crippen molar-refractivity contribution in [3.63, 3.8) is 0 Å². The minimum Gasteiger partial charge on any atom is -0.497 e. The van der Waals surface area contributed by atoms with Crippen molar-refractivity contribution < 1.29 is 14.3 Å². The molecule has 0 spiro atoms. The lowest BCUT2D eigenvalue weighted by Crippen LogP contribution is -2.31. The molecule has 1 aliphatic rings. The van der Waals surface area contributed by atoms with Crippen LogP contribution >= 0.6 is 0 Å². The van der Waals surface area contributed by atoms with Gasteiger partial charge in [0.1, 0.15) is 28.8 Å². The van der Waals surface area contributed by atoms with Crippen LogP contribution in [0.5, 0.6) is 11.5 Å². The number of ether oxygens (including phenoxy) is 2. The summed E-state index contributed by atoms with van der Waals surface area (Å²) in [5, 5.41) is 7.40. The molecule has 0 unspecified atom stereocenters. The molecular formula is C23H28N6O3. The summed E-state index contributed by atoms with van der Waals surface area (Å²) in [6, 6.07) is 9.12. The van der Waals surface area contributed by atoms with Gasteiger partial charge in [-0.25, -0.2) is 9.97 Å². The fourth-order valence-electron chi connectivity index (χ4n) is 3.85. The number of nitrogens with one attached hydrogen (secondary N) is 1. The number of aryl methyl sites for hydroxylation is 1. The molecule has 0 atom stereocenters. The van der Waals surface area contributed by atoms with Crippen LogP contribution in [0, 0.1) is 0 Å². The summed E-state index contributed by atoms with van der Waals surface area (Å²) < 4.78 is 12.3. The molecule has 32 heavy (non-hydrogen) atoms. The fourth-order valence-corrected chi connectivity index (χ4v) is 3.85. The first kappa shape index (κ1) is 21.6. The van der Waals surface area contributed by atoms with Crippen LogP contribution in [-0.2, 0) is 13.6 Å². The van der Waals surface area contributed by atoms with Gasteiger partial charge in [0.25, 0.3) is 5.91 Å². The number of aromatic nitrogens is 4. The van der Waals surface area contributed by atoms with Crippen LogP contribution in [-0.4, -0.2) is 53.0 Å². The molecule has 0 aliphatic carbocycles. The molecule has 0 bridgehead atoms. The average Bonchev–Trinajstić information content (AvgIpc) is 3.24. The monoisotopic (exact) mass is 436 g/mol. The smallest absolute Gasteiger partial charge is 0.269 e. The first-order valence-corrected chi connectivity index (χ1v) is 10.7. The van der Waals surface area contributed by atoms with E-state index in [1.165, 1.54) is 19.3 Å². The first-order valence-electron chi connectivity index (χ1n) is 10.7. The lowest BCUT2D eigenvalue weighted by Gasteiger charge is -2.27. The normalized spacial score (nSPS) is 13.7. The topological polar surface area (TPSA) is 94.4 Å². The first-order chi connectivity index (χ1) is 15.6. The summed E-state index contributed by atoms with van der Waals surface area (Å²) in [5.41, 5.74) is 1.80. The number of carbonyl (C=O) groups excluding carboxylic acids is 1. The van der Waals surface area contributed by atoms with Crippen LogP contribution in [0.2, 0.25) is 0 Å². The van der Waals surface area contributed by atoms with Gasteiger partial charge in [-0.05, 0) is 49.6 Å². The molecule has 0 saturated carbocycles. The zero-order valence-electron chi connectivity index (χ0n) is 18.7. The van der Waals surface area contributed by atoms with E-state index in [0.29, 0.717) is 28.7 Å². The Morgan fingerprint density at radius 3 is 2.66 bits per heavy atom. The number of hydrogen-bond donors (Lipinski definition) is 1. The van der Waals surface area contributed by atoms with Crippen LogP contribution in [0.15, 0.2) is 36.5 Å². The highest BCUT2D eigenvalue weighted by molar-refractivity contribution is 5.93. The SMILES string of the molecule is COc1ccc(OC)c(-c2cc(C(=O)NCc3nccc(N4CCCCC4)n3)n(C)n2)c1. The van der Waals surface area contributed by atoms with Crippen LogP contribution in [0.1, 0.15) is 35.6 Å². The molecule has 3 heterocycles. The third-order valence-corrected chi connectivity index (χ3v) is 5.57. The summed E-state index contributed by atoms with van der Waals surface area (Å²) in [5.74, 6) is 2.58. The predicted molar refractivity (Wildman–Crippen MR) is 121 cm³/mol. The van der Waals surface area contributed by atoms with E-state index in [-0.39, 0.29) is 12.5 Å². The largest absolute Gasteiger partial charge is 0.497 e. The van der Waals surface area contributed by atoms with Gasteiger partial charge in [-0.2, -0.15) is 5.10 Å². The van der Waals surface area contributed by atoms with E-state index >= 15 is 0 Å². The zero-order valence-corrected chi connectivity index (χ0v) is 18.7. The van der Waals surface area contributed by atoms with Crippen molar-refractivity contribution >= 4 is 11.7 Å². The van der Waals surface area contributed by atoms with Gasteiger partial charge in [0.15, 0.2) is 0 Å². The third kappa shape index (κ3) is 4.66. The zero-order chi connectivity index (χ0) is 22.5. The Balaban J connectivity index is 1.48. The number of anilines is 1. The second kappa shape index (κ2) is 9.67. The van der Waals surface area contributed by atoms with Gasteiger partial charge in [0.05, 0.1) is 26.5 Å². The Morgan fingerprint density at radius 2 is 1.91 bits per heavy atom. The fraction of sp³-hybridized carbons (Fsp3) is 0.391. The Hall–Kier alpha value is -3.62. The Kier molecular flexibility index (Phi) is 6.53. The van der Waals surface area contributed by atoms with Crippen LogP contribution in [0.4, 0.5) is 5.82 Å². The number of hydrogen-bond acceptors (Lipinski definition) is 7. The number of benzene rings is 1. The van der Waals surface area contributed by atoms with Gasteiger partial charge in [-0.15, -0.1) is 0 Å². The van der Waals surface area contributed by atoms with Crippen molar-refractivity contribution in [3.05, 3.63) is 48.0 Å². The molecule has 1 saturated heterocycles. The quantitative estimate of drug-likeness (QED) is 0.609. The van der Waals surface area contributed by atoms with E-state index in [2.05, 4.69) is 25.3 Å². The van der Waals surface area contributed by atoms with Gasteiger partial charge in [0, 0.05) is 31.9 Å². The lowest BCUT2D eigenvalue weighted by atomic mass is 10.1. The highest BCUT2D eigenvalue weighted by Crippen LogP contribution is 2.32. The highest BCUT2D eigenvalue weighted by atomic mass is 16.5. The third-order valence-electron chi connectivity index (χ3n) is 5.57. The molecular weight excluding hydrogens is 408 g/mol. The minimum atomic E-state index is -0.250. The summed E-state index contributed by atoms with van der Waals surface area (Å²) in [6.07, 6.45) is 5.36. The van der Waals surface area contributed by atoms with E-state index in [1.807, 2.05) is 24.3 Å². The molecule has 1 N–H and O–H groups in total. The maximum Gasteiger partial charge on any atom is 0.269 e. The summed E-state index contributed by atoms with van der Waals surface area (Å²) in [6.45, 7) is 2.26. The molecule has 1 amide bonds. The molecule has 0 radical (unpaired) electrons. The van der Waals surface area contributed by atoms with Crippen molar-refractivity contribution in [2.75, 3.05) is 32.2 Å². The average molecular weight is 437 g/mol. The maximum atomic E-state index is 12.9. The lowest BCUT2D eigenvalue weighted by molar-refractivity contribution is 0.0940. The molecule has 9 nitrogen and oxygen atoms in total. The molecule has 9 heteroatoms. The van der Waals surface area contributed by atoms with E-state index in [4.69, 9.17) is 9.47 Å². The van der Waals surface area contributed by atoms with Gasteiger partial charge >= 0.3 is 0 Å². The van der Waals surface area contributed by atoms with Gasteiger partial charge in [-0.1, -0.05) is 0 Å². The molecule has 1 aromatic carbocycles. The van der Waals surface area contributed by atoms with E-state index in [1.54, 1.807) is 38.2 Å². The summed E-state index contributed by atoms with van der Waals surface area (Å²) in [7, 11) is 4.93. The van der Waals surface area contributed by atoms with Crippen LogP contribution in [0.3, 0.4) is 0 Å². The van der Waals surface area contributed by atoms with Crippen molar-refractivity contribution in [1.29, 1.82) is 0 Å². The van der Waals surface area contributed by atoms with Gasteiger partial charge < -0.3 is 19.7 Å². The summed E-state index contributed by atoms with van der Waals surface area (Å²) in [4.78, 5) is 24.1. The van der Waals surface area contributed by atoms with Gasteiger partial charge in [0.2, 0.25) is 0 Å². The molecule has 4 rings (SSSR count). The van der Waals surface area contributed by atoms with Crippen LogP contribution in [0.25, 0.3) is 11.3 Å². The molecule has 3 aromatic rings. The van der Waals surface area contributed by atoms with Crippen molar-refractivity contribution in [3.8, 4) is 22.8 Å². The van der Waals surface area contributed by atoms with Crippen molar-refractivity contribution in [2.45, 2.75) is 25.8 Å². The van der Waals surface area contributed by atoms with Crippen molar-refractivity contribution in [2.24, 2.45) is 7.05 Å². The second-order valence-corrected chi connectivity index (χ2v) is 7.67.